The van der Waals surface area contributed by atoms with Crippen molar-refractivity contribution in [3.8, 4) is 22.6 Å². The summed E-state index contributed by atoms with van der Waals surface area (Å²) in [7, 11) is 1.62. The van der Waals surface area contributed by atoms with E-state index in [1.165, 1.54) is 16.7 Å². The second-order valence-electron chi connectivity index (χ2n) is 8.10. The normalized spacial score (nSPS) is 12.7. The number of hydrogen-bond donors (Lipinski definition) is 0. The summed E-state index contributed by atoms with van der Waals surface area (Å²) in [5.74, 6) is 1.85. The minimum absolute atomic E-state index is 0.231. The highest BCUT2D eigenvalue weighted by molar-refractivity contribution is 6.00. The Morgan fingerprint density at radius 2 is 1.61 bits per heavy atom. The highest BCUT2D eigenvalue weighted by atomic mass is 16.7. The Labute approximate surface area is 183 Å². The lowest BCUT2D eigenvalue weighted by Crippen LogP contribution is -2.02. The van der Waals surface area contributed by atoms with Crippen LogP contribution in [0.4, 0.5) is 0 Å². The summed E-state index contributed by atoms with van der Waals surface area (Å²) in [6.45, 7) is 7.08. The molecular formula is C27H28O4. The van der Waals surface area contributed by atoms with Crippen molar-refractivity contribution in [2.24, 2.45) is 0 Å². The zero-order chi connectivity index (χ0) is 22.0. The van der Waals surface area contributed by atoms with Gasteiger partial charge in [0, 0.05) is 19.1 Å². The van der Waals surface area contributed by atoms with Gasteiger partial charge in [-0.1, -0.05) is 18.2 Å². The summed E-state index contributed by atoms with van der Waals surface area (Å²) in [5.41, 5.74) is 9.04. The summed E-state index contributed by atoms with van der Waals surface area (Å²) in [6.07, 6.45) is 1.41. The second kappa shape index (κ2) is 8.94. The van der Waals surface area contributed by atoms with Gasteiger partial charge >= 0.3 is 0 Å². The Morgan fingerprint density at radius 1 is 0.839 bits per heavy atom. The molecule has 0 heterocycles. The molecule has 0 amide bonds. The van der Waals surface area contributed by atoms with Crippen LogP contribution in [-0.4, -0.2) is 19.7 Å². The Kier molecular flexibility index (Phi) is 6.10. The van der Waals surface area contributed by atoms with Crippen molar-refractivity contribution in [1.29, 1.82) is 0 Å². The van der Waals surface area contributed by atoms with Crippen LogP contribution in [0.3, 0.4) is 0 Å². The van der Waals surface area contributed by atoms with Crippen LogP contribution < -0.4 is 9.47 Å². The topological polar surface area (TPSA) is 44.8 Å². The first-order chi connectivity index (χ1) is 15.0. The monoisotopic (exact) mass is 416 g/mol. The molecule has 0 spiro atoms. The van der Waals surface area contributed by atoms with Gasteiger partial charge in [0.05, 0.1) is 0 Å². The molecule has 0 saturated heterocycles. The number of hydrogen-bond acceptors (Lipinski definition) is 4. The lowest BCUT2D eigenvalue weighted by Gasteiger charge is -2.18. The number of Topliss-reactive ketones (excluding diaryl/α,β-unsaturated/α-hetero) is 1. The molecule has 0 radical (unpaired) electrons. The third-order valence-corrected chi connectivity index (χ3v) is 5.96. The zero-order valence-electron chi connectivity index (χ0n) is 18.6. The van der Waals surface area contributed by atoms with Crippen molar-refractivity contribution in [1.82, 2.24) is 0 Å². The Hall–Kier alpha value is -3.11. The van der Waals surface area contributed by atoms with E-state index in [-0.39, 0.29) is 12.6 Å². The molecule has 4 heteroatoms. The highest BCUT2D eigenvalue weighted by Crippen LogP contribution is 2.34. The van der Waals surface area contributed by atoms with E-state index in [2.05, 4.69) is 51.1 Å². The number of aryl methyl sites for hydroxylation is 3. The molecule has 0 fully saturated rings. The SMILES string of the molecule is COCOc1cc(C)c(-c2cccc(COc3ccc4c(c3)CCC4=O)c2C)c(C)c1. The molecule has 4 rings (SSSR count). The van der Waals surface area contributed by atoms with E-state index in [1.54, 1.807) is 7.11 Å². The number of carbonyl (C=O) groups excluding carboxylic acids is 1. The Morgan fingerprint density at radius 3 is 2.35 bits per heavy atom. The first-order valence-electron chi connectivity index (χ1n) is 10.6. The largest absolute Gasteiger partial charge is 0.489 e. The molecule has 1 aliphatic rings. The maximum atomic E-state index is 11.8. The lowest BCUT2D eigenvalue weighted by molar-refractivity contribution is 0.0510. The molecule has 0 aromatic heterocycles. The highest BCUT2D eigenvalue weighted by Gasteiger charge is 2.19. The maximum Gasteiger partial charge on any atom is 0.188 e. The average Bonchev–Trinajstić information content (AvgIpc) is 3.12. The molecule has 4 nitrogen and oxygen atoms in total. The minimum Gasteiger partial charge on any atom is -0.489 e. The van der Waals surface area contributed by atoms with Gasteiger partial charge in [-0.2, -0.15) is 0 Å². The zero-order valence-corrected chi connectivity index (χ0v) is 18.6. The second-order valence-corrected chi connectivity index (χ2v) is 8.10. The summed E-state index contributed by atoms with van der Waals surface area (Å²) in [5, 5.41) is 0. The van der Waals surface area contributed by atoms with Crippen LogP contribution in [0.25, 0.3) is 11.1 Å². The average molecular weight is 417 g/mol. The van der Waals surface area contributed by atoms with Gasteiger partial charge in [-0.25, -0.2) is 0 Å². The molecule has 0 N–H and O–H groups in total. The fourth-order valence-electron chi connectivity index (χ4n) is 4.35. The van der Waals surface area contributed by atoms with Crippen LogP contribution in [0.15, 0.2) is 48.5 Å². The number of fused-ring (bicyclic) bond motifs is 1. The number of methoxy groups -OCH3 is 1. The van der Waals surface area contributed by atoms with E-state index in [0.717, 1.165) is 45.7 Å². The van der Waals surface area contributed by atoms with Crippen molar-refractivity contribution in [2.45, 2.75) is 40.2 Å². The number of carbonyl (C=O) groups is 1. The predicted molar refractivity (Wildman–Crippen MR) is 122 cm³/mol. The molecule has 31 heavy (non-hydrogen) atoms. The molecule has 0 saturated carbocycles. The molecule has 3 aromatic rings. The number of rotatable bonds is 7. The molecule has 0 atom stereocenters. The number of ether oxygens (including phenoxy) is 3. The van der Waals surface area contributed by atoms with Crippen molar-refractivity contribution in [2.75, 3.05) is 13.9 Å². The van der Waals surface area contributed by atoms with Crippen LogP contribution in [0.5, 0.6) is 11.5 Å². The number of benzene rings is 3. The molecule has 0 aliphatic heterocycles. The van der Waals surface area contributed by atoms with Gasteiger partial charge in [0.2, 0.25) is 0 Å². The number of ketones is 1. The fraction of sp³-hybridized carbons (Fsp3) is 0.296. The van der Waals surface area contributed by atoms with Gasteiger partial charge in [0.1, 0.15) is 18.1 Å². The van der Waals surface area contributed by atoms with Gasteiger partial charge in [-0.05, 0) is 96.5 Å². The third-order valence-electron chi connectivity index (χ3n) is 5.96. The molecule has 0 unspecified atom stereocenters. The molecule has 160 valence electrons. The Bertz CT molecular complexity index is 1110. The first kappa shape index (κ1) is 21.1. The van der Waals surface area contributed by atoms with Crippen LogP contribution in [0, 0.1) is 20.8 Å². The summed E-state index contributed by atoms with van der Waals surface area (Å²) in [4.78, 5) is 11.8. The predicted octanol–water partition coefficient (Wildman–Crippen LogP) is 5.97. The first-order valence-corrected chi connectivity index (χ1v) is 10.6. The third kappa shape index (κ3) is 4.35. The van der Waals surface area contributed by atoms with Crippen LogP contribution in [0.2, 0.25) is 0 Å². The van der Waals surface area contributed by atoms with Crippen molar-refractivity contribution < 1.29 is 19.0 Å². The molecule has 0 bridgehead atoms. The smallest absolute Gasteiger partial charge is 0.188 e. The van der Waals surface area contributed by atoms with Crippen LogP contribution in [-0.2, 0) is 17.8 Å². The standard InChI is InChI=1S/C27H28O4/c1-17-12-23(31-16-29-4)13-18(2)27(17)24-7-5-6-21(19(24)3)15-30-22-9-10-25-20(14-22)8-11-26(25)28/h5-7,9-10,12-14H,8,11,15-16H2,1-4H3. The summed E-state index contributed by atoms with van der Waals surface area (Å²) < 4.78 is 16.7. The van der Waals surface area contributed by atoms with E-state index < -0.39 is 0 Å². The molecule has 3 aromatic carbocycles. The van der Waals surface area contributed by atoms with Crippen molar-refractivity contribution in [3.63, 3.8) is 0 Å². The van der Waals surface area contributed by atoms with Crippen LogP contribution >= 0.6 is 0 Å². The quantitative estimate of drug-likeness (QED) is 0.445. The van der Waals surface area contributed by atoms with Crippen molar-refractivity contribution >= 4 is 5.78 Å². The van der Waals surface area contributed by atoms with E-state index in [9.17, 15) is 4.79 Å². The van der Waals surface area contributed by atoms with Gasteiger partial charge in [0.15, 0.2) is 12.6 Å². The maximum absolute atomic E-state index is 11.8. The van der Waals surface area contributed by atoms with E-state index in [0.29, 0.717) is 13.0 Å². The van der Waals surface area contributed by atoms with Crippen molar-refractivity contribution in [3.05, 3.63) is 81.9 Å². The van der Waals surface area contributed by atoms with Gasteiger partial charge in [0.25, 0.3) is 0 Å². The van der Waals surface area contributed by atoms with E-state index in [4.69, 9.17) is 14.2 Å². The fourth-order valence-corrected chi connectivity index (χ4v) is 4.35. The van der Waals surface area contributed by atoms with Gasteiger partial charge < -0.3 is 14.2 Å². The minimum atomic E-state index is 0.231. The van der Waals surface area contributed by atoms with Gasteiger partial charge in [-0.3, -0.25) is 4.79 Å². The summed E-state index contributed by atoms with van der Waals surface area (Å²) >= 11 is 0. The summed E-state index contributed by atoms with van der Waals surface area (Å²) in [6, 6.07) is 16.2. The van der Waals surface area contributed by atoms with Crippen LogP contribution in [0.1, 0.15) is 44.6 Å². The van der Waals surface area contributed by atoms with Gasteiger partial charge in [-0.15, -0.1) is 0 Å². The van der Waals surface area contributed by atoms with E-state index in [1.807, 2.05) is 18.2 Å². The Balaban J connectivity index is 1.57. The molecular weight excluding hydrogens is 388 g/mol. The lowest BCUT2D eigenvalue weighted by atomic mass is 9.90. The van der Waals surface area contributed by atoms with E-state index >= 15 is 0 Å². The molecule has 1 aliphatic carbocycles.